The molecule has 3 aromatic rings. The van der Waals surface area contributed by atoms with Crippen LogP contribution in [0.2, 0.25) is 0 Å². The molecule has 0 spiro atoms. The Kier molecular flexibility index (Phi) is 5.18. The summed E-state index contributed by atoms with van der Waals surface area (Å²) in [5, 5.41) is 0.797. The molecule has 8 heteroatoms. The van der Waals surface area contributed by atoms with E-state index >= 15 is 0 Å². The second-order valence-electron chi connectivity index (χ2n) is 7.08. The van der Waals surface area contributed by atoms with Crippen LogP contribution in [0.15, 0.2) is 76.5 Å². The van der Waals surface area contributed by atoms with E-state index in [9.17, 15) is 21.2 Å². The molecule has 0 aliphatic carbocycles. The van der Waals surface area contributed by atoms with Gasteiger partial charge in [-0.15, -0.1) is 0 Å². The zero-order valence-electron chi connectivity index (χ0n) is 15.5. The van der Waals surface area contributed by atoms with Crippen LogP contribution in [0.5, 0.6) is 0 Å². The van der Waals surface area contributed by atoms with Crippen LogP contribution in [0.3, 0.4) is 0 Å². The highest BCUT2D eigenvalue weighted by molar-refractivity contribution is 7.92. The van der Waals surface area contributed by atoms with Gasteiger partial charge in [0.05, 0.1) is 15.0 Å². The van der Waals surface area contributed by atoms with E-state index in [1.54, 1.807) is 24.3 Å². The monoisotopic (exact) mass is 433 g/mol. The highest BCUT2D eigenvalue weighted by atomic mass is 32.2. The molecule has 1 fully saturated rings. The quantitative estimate of drug-likeness (QED) is 0.590. The smallest absolute Gasteiger partial charge is 0.223 e. The lowest BCUT2D eigenvalue weighted by Crippen LogP contribution is -2.42. The molecule has 152 valence electrons. The van der Waals surface area contributed by atoms with Crippen molar-refractivity contribution in [2.24, 2.45) is 0 Å². The van der Waals surface area contributed by atoms with Gasteiger partial charge >= 0.3 is 0 Å². The van der Waals surface area contributed by atoms with Crippen LogP contribution in [0, 0.1) is 5.82 Å². The minimum atomic E-state index is -3.74. The first-order chi connectivity index (χ1) is 13.8. The number of fused-ring (bicyclic) bond motifs is 1. The standard InChI is InChI=1S/C21H20FNO4S2/c22-17-8-10-18(11-9-17)28(24,25)19-12-14-23(15-13-19)29(26,27)21-7-3-5-16-4-1-2-6-20(16)21/h1-11,19H,12-15H2. The summed E-state index contributed by atoms with van der Waals surface area (Å²) in [7, 11) is -7.37. The third-order valence-corrected chi connectivity index (χ3v) is 9.58. The molecule has 1 saturated heterocycles. The van der Waals surface area contributed by atoms with E-state index in [-0.39, 0.29) is 35.7 Å². The molecule has 1 aliphatic rings. The van der Waals surface area contributed by atoms with E-state index in [2.05, 4.69) is 0 Å². The van der Waals surface area contributed by atoms with Crippen molar-refractivity contribution in [1.82, 2.24) is 4.31 Å². The Balaban J connectivity index is 1.57. The first kappa shape index (κ1) is 20.0. The van der Waals surface area contributed by atoms with E-state index in [4.69, 9.17) is 0 Å². The molecule has 0 N–H and O–H groups in total. The summed E-state index contributed by atoms with van der Waals surface area (Å²) in [5.74, 6) is -0.500. The van der Waals surface area contributed by atoms with Crippen molar-refractivity contribution in [2.45, 2.75) is 27.9 Å². The lowest BCUT2D eigenvalue weighted by Gasteiger charge is -2.31. The minimum Gasteiger partial charge on any atom is -0.223 e. The SMILES string of the molecule is O=S(=O)(c1ccc(F)cc1)C1CCN(S(=O)(=O)c2cccc3ccccc23)CC1. The summed E-state index contributed by atoms with van der Waals surface area (Å²) < 4.78 is 66.5. The van der Waals surface area contributed by atoms with Crippen LogP contribution in [0.1, 0.15) is 12.8 Å². The van der Waals surface area contributed by atoms with Crippen molar-refractivity contribution >= 4 is 30.6 Å². The average Bonchev–Trinajstić information content (AvgIpc) is 2.73. The Bertz CT molecular complexity index is 1240. The number of halogens is 1. The Labute approximate surface area is 169 Å². The molecular weight excluding hydrogens is 413 g/mol. The van der Waals surface area contributed by atoms with E-state index in [1.165, 1.54) is 16.4 Å². The van der Waals surface area contributed by atoms with Crippen LogP contribution in [-0.4, -0.2) is 39.5 Å². The number of nitrogens with zero attached hydrogens (tertiary/aromatic N) is 1. The number of sulfonamides is 1. The molecule has 0 aromatic heterocycles. The van der Waals surface area contributed by atoms with Crippen LogP contribution < -0.4 is 0 Å². The van der Waals surface area contributed by atoms with Crippen molar-refractivity contribution in [2.75, 3.05) is 13.1 Å². The zero-order chi connectivity index (χ0) is 20.6. The maximum Gasteiger partial charge on any atom is 0.243 e. The normalized spacial score (nSPS) is 16.9. The first-order valence-electron chi connectivity index (χ1n) is 9.27. The number of rotatable bonds is 4. The molecule has 5 nitrogen and oxygen atoms in total. The van der Waals surface area contributed by atoms with Crippen LogP contribution >= 0.6 is 0 Å². The summed E-state index contributed by atoms with van der Waals surface area (Å²) in [6.07, 6.45) is 0.396. The molecule has 4 rings (SSSR count). The van der Waals surface area contributed by atoms with Gasteiger partial charge < -0.3 is 0 Å². The molecule has 0 saturated carbocycles. The summed E-state index contributed by atoms with van der Waals surface area (Å²) in [4.78, 5) is 0.296. The summed E-state index contributed by atoms with van der Waals surface area (Å²) in [6, 6.07) is 17.2. The van der Waals surface area contributed by atoms with Crippen molar-refractivity contribution in [3.05, 3.63) is 72.5 Å². The van der Waals surface area contributed by atoms with Gasteiger partial charge in [0.2, 0.25) is 10.0 Å². The van der Waals surface area contributed by atoms with E-state index in [0.29, 0.717) is 5.39 Å². The second-order valence-corrected chi connectivity index (χ2v) is 11.2. The molecule has 0 unspecified atom stereocenters. The summed E-state index contributed by atoms with van der Waals surface area (Å²) >= 11 is 0. The number of piperidine rings is 1. The molecule has 0 radical (unpaired) electrons. The van der Waals surface area contributed by atoms with Crippen molar-refractivity contribution in [3.63, 3.8) is 0 Å². The van der Waals surface area contributed by atoms with Crippen molar-refractivity contribution in [1.29, 1.82) is 0 Å². The predicted octanol–water partition coefficient (Wildman–Crippen LogP) is 3.61. The van der Waals surface area contributed by atoms with Crippen LogP contribution in [0.25, 0.3) is 10.8 Å². The van der Waals surface area contributed by atoms with Gasteiger partial charge in [-0.05, 0) is 48.6 Å². The highest BCUT2D eigenvalue weighted by Crippen LogP contribution is 2.30. The Morgan fingerprint density at radius 2 is 1.41 bits per heavy atom. The highest BCUT2D eigenvalue weighted by Gasteiger charge is 2.36. The number of hydrogen-bond acceptors (Lipinski definition) is 4. The van der Waals surface area contributed by atoms with E-state index < -0.39 is 30.9 Å². The molecule has 0 atom stereocenters. The van der Waals surface area contributed by atoms with Gasteiger partial charge in [-0.2, -0.15) is 4.31 Å². The Morgan fingerprint density at radius 1 is 0.793 bits per heavy atom. The lowest BCUT2D eigenvalue weighted by atomic mass is 10.1. The van der Waals surface area contributed by atoms with Gasteiger partial charge in [0.1, 0.15) is 5.82 Å². The fraction of sp³-hybridized carbons (Fsp3) is 0.238. The third-order valence-electron chi connectivity index (χ3n) is 5.35. The molecule has 0 bridgehead atoms. The molecular formula is C21H20FNO4S2. The van der Waals surface area contributed by atoms with E-state index in [0.717, 1.165) is 17.5 Å². The minimum absolute atomic E-state index is 0.0641. The predicted molar refractivity (Wildman–Crippen MR) is 109 cm³/mol. The van der Waals surface area contributed by atoms with Gasteiger partial charge in [0.15, 0.2) is 9.84 Å². The molecule has 29 heavy (non-hydrogen) atoms. The maximum absolute atomic E-state index is 13.2. The fourth-order valence-corrected chi connectivity index (χ4v) is 7.18. The average molecular weight is 434 g/mol. The number of benzene rings is 3. The van der Waals surface area contributed by atoms with Gasteiger partial charge in [0, 0.05) is 18.5 Å². The van der Waals surface area contributed by atoms with Gasteiger partial charge in [-0.3, -0.25) is 0 Å². The summed E-state index contributed by atoms with van der Waals surface area (Å²) in [5.41, 5.74) is 0. The Morgan fingerprint density at radius 3 is 2.10 bits per heavy atom. The Hall–Kier alpha value is -2.29. The largest absolute Gasteiger partial charge is 0.243 e. The molecule has 1 heterocycles. The maximum atomic E-state index is 13.2. The van der Waals surface area contributed by atoms with Gasteiger partial charge in [-0.25, -0.2) is 21.2 Å². The molecule has 3 aromatic carbocycles. The topological polar surface area (TPSA) is 71.5 Å². The van der Waals surface area contributed by atoms with Gasteiger partial charge in [0.25, 0.3) is 0 Å². The van der Waals surface area contributed by atoms with E-state index in [1.807, 2.05) is 18.2 Å². The number of hydrogen-bond donors (Lipinski definition) is 0. The zero-order valence-corrected chi connectivity index (χ0v) is 17.2. The third kappa shape index (κ3) is 3.68. The molecule has 0 amide bonds. The van der Waals surface area contributed by atoms with Crippen molar-refractivity contribution in [3.8, 4) is 0 Å². The lowest BCUT2D eigenvalue weighted by molar-refractivity contribution is 0.346. The van der Waals surface area contributed by atoms with Crippen LogP contribution in [-0.2, 0) is 19.9 Å². The fourth-order valence-electron chi connectivity index (χ4n) is 3.76. The molecule has 1 aliphatic heterocycles. The number of sulfone groups is 1. The summed E-state index contributed by atoms with van der Waals surface area (Å²) in [6.45, 7) is 0.243. The van der Waals surface area contributed by atoms with Crippen LogP contribution in [0.4, 0.5) is 4.39 Å². The van der Waals surface area contributed by atoms with Crippen molar-refractivity contribution < 1.29 is 21.2 Å². The first-order valence-corrected chi connectivity index (χ1v) is 12.3. The van der Waals surface area contributed by atoms with Gasteiger partial charge in [-0.1, -0.05) is 36.4 Å². The second kappa shape index (κ2) is 7.51.